The molecule has 0 radical (unpaired) electrons. The van der Waals surface area contributed by atoms with E-state index >= 15 is 0 Å². The van der Waals surface area contributed by atoms with Crippen LogP contribution in [0.25, 0.3) is 98.8 Å². The molecule has 2 nitrogen and oxygen atoms in total. The van der Waals surface area contributed by atoms with Gasteiger partial charge in [0.2, 0.25) is 0 Å². The van der Waals surface area contributed by atoms with Crippen molar-refractivity contribution in [3.8, 4) is 50.3 Å². The SMILES string of the molecule is [2H]c1c([2H])c([2H])c(-c2c([2H])c([2H])c(-c3c4c([2H])c([2H])c([2H])c([2H])c4c(-c4c([2H])c([2H])c([2H])c5oc6c([2H])c7c([2H])c([2H])c([2H])c([2H])c7c([2H])c6c45)c4c([2H])c(O)c([2H])c([2H])c34)c([2H])c2-c2c([2H])c([2H])c([2H])c([2H])c2[2H])c([2H])c1[2H]. The highest BCUT2D eigenvalue weighted by Gasteiger charge is 2.22. The normalized spacial score (nSPS) is 19.8. The van der Waals surface area contributed by atoms with E-state index in [1.807, 2.05) is 0 Å². The van der Waals surface area contributed by atoms with Crippen molar-refractivity contribution in [1.82, 2.24) is 0 Å². The minimum atomic E-state index is -1.31. The smallest absolute Gasteiger partial charge is 0.136 e. The maximum atomic E-state index is 11.6. The van der Waals surface area contributed by atoms with Crippen LogP contribution < -0.4 is 0 Å². The van der Waals surface area contributed by atoms with Crippen LogP contribution in [0.15, 0.2) is 180 Å². The topological polar surface area (TPSA) is 33.4 Å². The molecule has 0 bridgehead atoms. The highest BCUT2D eigenvalue weighted by molar-refractivity contribution is 6.26. The summed E-state index contributed by atoms with van der Waals surface area (Å²) >= 11 is 0. The van der Waals surface area contributed by atoms with E-state index in [9.17, 15) is 18.8 Å². The van der Waals surface area contributed by atoms with E-state index in [1.165, 1.54) is 0 Å². The van der Waals surface area contributed by atoms with Gasteiger partial charge >= 0.3 is 0 Å². The Morgan fingerprint density at radius 1 is 0.380 bits per heavy atom. The van der Waals surface area contributed by atoms with Crippen LogP contribution in [0.4, 0.5) is 0 Å². The zero-order chi connectivity index (χ0) is 58.4. The predicted octanol–water partition coefficient (Wildman–Crippen LogP) is 13.4. The zero-order valence-electron chi connectivity index (χ0n) is 53.9. The fourth-order valence-corrected chi connectivity index (χ4v) is 5.97. The summed E-state index contributed by atoms with van der Waals surface area (Å²) in [6.07, 6.45) is 0. The minimum absolute atomic E-state index is 0.519. The first-order valence-corrected chi connectivity index (χ1v) is 14.6. The molecule has 1 heterocycles. The van der Waals surface area contributed by atoms with Crippen molar-refractivity contribution in [3.63, 3.8) is 0 Å². The van der Waals surface area contributed by atoms with Crippen molar-refractivity contribution >= 4 is 54.3 Å². The van der Waals surface area contributed by atoms with E-state index in [-0.39, 0.29) is 0 Å². The van der Waals surface area contributed by atoms with Crippen LogP contribution in [0.1, 0.15) is 39.8 Å². The Bertz CT molecular complexity index is 4460. The van der Waals surface area contributed by atoms with Crippen molar-refractivity contribution in [2.75, 3.05) is 0 Å². The second-order valence-electron chi connectivity index (χ2n) is 10.7. The third-order valence-electron chi connectivity index (χ3n) is 8.00. The largest absolute Gasteiger partial charge is 0.508 e. The summed E-state index contributed by atoms with van der Waals surface area (Å²) < 4.78 is 268. The highest BCUT2D eigenvalue weighted by atomic mass is 16.3. The number of hydrogen-bond acceptors (Lipinski definition) is 2. The second kappa shape index (κ2) is 11.2. The second-order valence-corrected chi connectivity index (χ2v) is 10.7. The van der Waals surface area contributed by atoms with Crippen molar-refractivity contribution in [2.45, 2.75) is 0 Å². The average Bonchev–Trinajstić information content (AvgIpc) is 3.85. The molecule has 9 aromatic carbocycles. The molecule has 2 heteroatoms. The van der Waals surface area contributed by atoms with E-state index in [0.29, 0.717) is 0 Å². The van der Waals surface area contributed by atoms with Gasteiger partial charge in [0.15, 0.2) is 0 Å². The van der Waals surface area contributed by atoms with Gasteiger partial charge in [-0.15, -0.1) is 0 Å². The molecule has 0 atom stereocenters. The molecule has 0 unspecified atom stereocenters. The van der Waals surface area contributed by atoms with Gasteiger partial charge in [0.25, 0.3) is 0 Å². The van der Waals surface area contributed by atoms with Gasteiger partial charge in [0.05, 0.1) is 39.8 Å². The number of hydrogen-bond donors (Lipinski definition) is 1. The number of phenolic OH excluding ortho intramolecular Hbond substituents is 1. The Morgan fingerprint density at radius 3 is 1.78 bits per heavy atom. The minimum Gasteiger partial charge on any atom is -0.508 e. The number of fused-ring (bicyclic) bond motifs is 6. The third-order valence-corrected chi connectivity index (χ3v) is 8.00. The molecule has 0 saturated carbocycles. The summed E-state index contributed by atoms with van der Waals surface area (Å²) in [5.74, 6) is -1.31. The Balaban J connectivity index is 1.56. The molecule has 0 aliphatic heterocycles. The summed E-state index contributed by atoms with van der Waals surface area (Å²) in [6, 6.07) is -29.5. The molecule has 0 aliphatic rings. The maximum absolute atomic E-state index is 11.6. The number of rotatable bonds is 4. The summed E-state index contributed by atoms with van der Waals surface area (Å²) in [5.41, 5.74) is -8.62. The molecule has 0 spiro atoms. The standard InChI is InChI=1S/C48H30O2/c49-35-23-25-39-42(29-35)47(40-20-11-21-44-48(40)43-26-32-16-7-8-17-33(32)28-45(43)50-44)38-19-10-9-18-37(38)46(39)34-22-24-36(30-12-3-1-4-13-30)41(27-34)31-14-5-2-6-15-31/h1-29,49H/i1D,2D,3D,4D,5D,6D,7D,8D,9D,10D,11D,12D,13D,14D,15D,16D,17D,18D,19D,20D,21D,22D,23D,24D,25D,26D,27D,28D,29D. The first kappa shape index (κ1) is 11.8. The lowest BCUT2D eigenvalue weighted by molar-refractivity contribution is 0.476. The first-order valence-electron chi connectivity index (χ1n) is 29.1. The van der Waals surface area contributed by atoms with Gasteiger partial charge in [-0.05, 0) is 113 Å². The van der Waals surface area contributed by atoms with Crippen molar-refractivity contribution in [3.05, 3.63) is 175 Å². The van der Waals surface area contributed by atoms with Crippen LogP contribution >= 0.6 is 0 Å². The number of furan rings is 1. The maximum Gasteiger partial charge on any atom is 0.136 e. The molecule has 0 amide bonds. The number of aromatic hydroxyl groups is 1. The van der Waals surface area contributed by atoms with Crippen LogP contribution in [-0.2, 0) is 0 Å². The Hall–Kier alpha value is -6.64. The fraction of sp³-hybridized carbons (Fsp3) is 0. The van der Waals surface area contributed by atoms with Crippen LogP contribution in [0, 0.1) is 0 Å². The van der Waals surface area contributed by atoms with Crippen LogP contribution in [0.5, 0.6) is 5.75 Å². The molecule has 234 valence electrons. The lowest BCUT2D eigenvalue weighted by Gasteiger charge is -2.20. The van der Waals surface area contributed by atoms with E-state index in [4.69, 9.17) is 30.5 Å². The fourth-order valence-electron chi connectivity index (χ4n) is 5.97. The van der Waals surface area contributed by atoms with Gasteiger partial charge in [-0.1, -0.05) is 139 Å². The predicted molar refractivity (Wildman–Crippen MR) is 210 cm³/mol. The van der Waals surface area contributed by atoms with Crippen molar-refractivity contribution in [1.29, 1.82) is 0 Å². The summed E-state index contributed by atoms with van der Waals surface area (Å²) in [5, 5.41) is 5.88. The molecule has 50 heavy (non-hydrogen) atoms. The molecular formula is C48H30O2. The van der Waals surface area contributed by atoms with E-state index in [0.717, 1.165) is 0 Å². The van der Waals surface area contributed by atoms with Crippen LogP contribution in [0.2, 0.25) is 0 Å². The molecule has 0 aliphatic carbocycles. The molecule has 1 aromatic heterocycles. The van der Waals surface area contributed by atoms with E-state index < -0.39 is 280 Å². The van der Waals surface area contributed by atoms with Crippen LogP contribution in [0.3, 0.4) is 0 Å². The summed E-state index contributed by atoms with van der Waals surface area (Å²) in [6.45, 7) is 0. The van der Waals surface area contributed by atoms with Crippen molar-refractivity contribution < 1.29 is 49.3 Å². The molecule has 0 fully saturated rings. The lowest BCUT2D eigenvalue weighted by Crippen LogP contribution is -1.93. The summed E-state index contributed by atoms with van der Waals surface area (Å²) in [4.78, 5) is 0. The van der Waals surface area contributed by atoms with Crippen molar-refractivity contribution in [2.24, 2.45) is 0 Å². The number of benzene rings is 9. The molecule has 10 aromatic rings. The van der Waals surface area contributed by atoms with Gasteiger partial charge in [-0.3, -0.25) is 0 Å². The summed E-state index contributed by atoms with van der Waals surface area (Å²) in [7, 11) is 0. The average molecular weight is 668 g/mol. The van der Waals surface area contributed by atoms with Gasteiger partial charge in [0.1, 0.15) is 16.9 Å². The highest BCUT2D eigenvalue weighted by Crippen LogP contribution is 2.48. The van der Waals surface area contributed by atoms with Gasteiger partial charge in [0, 0.05) is 10.8 Å². The van der Waals surface area contributed by atoms with E-state index in [1.54, 1.807) is 0 Å². The van der Waals surface area contributed by atoms with Gasteiger partial charge in [-0.25, -0.2) is 0 Å². The molecule has 10 rings (SSSR count). The molecular weight excluding hydrogens is 609 g/mol. The monoisotopic (exact) mass is 667 g/mol. The lowest BCUT2D eigenvalue weighted by atomic mass is 9.83. The quantitative estimate of drug-likeness (QED) is 0.190. The van der Waals surface area contributed by atoms with E-state index in [2.05, 4.69) is 0 Å². The molecule has 0 saturated heterocycles. The van der Waals surface area contributed by atoms with Crippen LogP contribution in [-0.4, -0.2) is 5.11 Å². The number of phenols is 1. The Morgan fingerprint density at radius 2 is 1.02 bits per heavy atom. The Kier molecular flexibility index (Phi) is 2.64. The molecule has 1 N–H and O–H groups in total. The third kappa shape index (κ3) is 4.43. The first-order chi connectivity index (χ1) is 36.8. The van der Waals surface area contributed by atoms with Gasteiger partial charge < -0.3 is 9.52 Å². The Labute approximate surface area is 329 Å². The zero-order valence-corrected chi connectivity index (χ0v) is 24.9. The van der Waals surface area contributed by atoms with Gasteiger partial charge in [-0.2, -0.15) is 0 Å².